The van der Waals surface area contributed by atoms with Crippen LogP contribution in [-0.4, -0.2) is 65.4 Å². The Labute approximate surface area is 219 Å². The number of aliphatic hydroxyl groups excluding tert-OH is 2. The lowest BCUT2D eigenvalue weighted by Crippen LogP contribution is -2.27. The van der Waals surface area contributed by atoms with Crippen LogP contribution in [0.15, 0.2) is 35.0 Å². The van der Waals surface area contributed by atoms with Gasteiger partial charge in [0, 0.05) is 19.2 Å². The van der Waals surface area contributed by atoms with Crippen molar-refractivity contribution < 1.29 is 24.5 Å². The summed E-state index contributed by atoms with van der Waals surface area (Å²) in [7, 11) is 1.56. The summed E-state index contributed by atoms with van der Waals surface area (Å²) >= 11 is 3.16. The predicted molar refractivity (Wildman–Crippen MR) is 147 cm³/mol. The summed E-state index contributed by atoms with van der Waals surface area (Å²) in [4.78, 5) is 32.0. The molecule has 11 heteroatoms. The molecule has 0 aromatic carbocycles. The Kier molecular flexibility index (Phi) is 13.0. The number of ether oxygens (including phenoxy) is 1. The Morgan fingerprint density at radius 2 is 1.39 bits per heavy atom. The number of pyridine rings is 2. The number of rotatable bonds is 8. The zero-order valence-electron chi connectivity index (χ0n) is 18.8. The van der Waals surface area contributed by atoms with Crippen LogP contribution >= 0.6 is 22.7 Å². The number of methoxy groups -OCH3 is 1. The number of nitrogens with zero attached hydrogens (tertiary/aromatic N) is 2. The number of nitrogens with one attached hydrogen (secondary N) is 2. The number of aryl methyl sites for hydroxylation is 1. The minimum absolute atomic E-state index is 0. The normalized spacial score (nSPS) is 10.0. The van der Waals surface area contributed by atoms with Crippen LogP contribution in [0.4, 0.5) is 0 Å². The third-order valence-electron chi connectivity index (χ3n) is 4.73. The van der Waals surface area contributed by atoms with E-state index in [0.717, 1.165) is 32.4 Å². The first kappa shape index (κ1) is 30.9. The van der Waals surface area contributed by atoms with E-state index in [2.05, 4.69) is 27.5 Å². The van der Waals surface area contributed by atoms with Gasteiger partial charge in [0.1, 0.15) is 17.1 Å². The maximum Gasteiger partial charge on any atom is 0.270 e. The zero-order chi connectivity index (χ0) is 24.5. The number of fused-ring (bicyclic) bond motifs is 2. The van der Waals surface area contributed by atoms with E-state index >= 15 is 0 Å². The molecule has 4 rings (SSSR count). The lowest BCUT2D eigenvalue weighted by Gasteiger charge is -2.06. The van der Waals surface area contributed by atoms with Crippen molar-refractivity contribution in [2.45, 2.75) is 28.2 Å². The van der Waals surface area contributed by atoms with Crippen molar-refractivity contribution in [2.75, 3.05) is 33.4 Å². The summed E-state index contributed by atoms with van der Waals surface area (Å²) in [6, 6.07) is 7.18. The number of carbonyl (C=O) groups is 2. The van der Waals surface area contributed by atoms with Gasteiger partial charge in [-0.05, 0) is 40.9 Å². The summed E-state index contributed by atoms with van der Waals surface area (Å²) in [5.74, 6) is 0.0893. The van der Waals surface area contributed by atoms with Gasteiger partial charge in [0.05, 0.1) is 40.8 Å². The van der Waals surface area contributed by atoms with E-state index in [9.17, 15) is 9.59 Å². The largest absolute Gasteiger partial charge is 0.495 e. The SMILES string of the molecule is C.C.CCc1cc(C(=O)NCCO)nc2ccsc12.COc1cc(C(=O)NCCO)nc2ccsc12. The molecular weight excluding hydrogens is 500 g/mol. The molecule has 4 aromatic rings. The van der Waals surface area contributed by atoms with E-state index in [0.29, 0.717) is 17.1 Å². The summed E-state index contributed by atoms with van der Waals surface area (Å²) in [5.41, 5.74) is 3.45. The van der Waals surface area contributed by atoms with Gasteiger partial charge in [-0.15, -0.1) is 22.7 Å². The van der Waals surface area contributed by atoms with Crippen LogP contribution < -0.4 is 15.4 Å². The number of amides is 2. The molecule has 0 unspecified atom stereocenters. The molecule has 0 aliphatic carbocycles. The summed E-state index contributed by atoms with van der Waals surface area (Å²) < 4.78 is 7.29. The van der Waals surface area contributed by atoms with E-state index in [-0.39, 0.29) is 53.0 Å². The van der Waals surface area contributed by atoms with Gasteiger partial charge >= 0.3 is 0 Å². The van der Waals surface area contributed by atoms with Crippen molar-refractivity contribution in [3.63, 3.8) is 0 Å². The van der Waals surface area contributed by atoms with Gasteiger partial charge in [-0.2, -0.15) is 0 Å². The molecule has 0 bridgehead atoms. The quantitative estimate of drug-likeness (QED) is 0.270. The van der Waals surface area contributed by atoms with Gasteiger partial charge < -0.3 is 25.6 Å². The second kappa shape index (κ2) is 15.1. The van der Waals surface area contributed by atoms with Crippen LogP contribution in [0.5, 0.6) is 5.75 Å². The first-order valence-electron chi connectivity index (χ1n) is 10.6. The zero-order valence-corrected chi connectivity index (χ0v) is 20.5. The van der Waals surface area contributed by atoms with Crippen LogP contribution in [0, 0.1) is 0 Å². The summed E-state index contributed by atoms with van der Waals surface area (Å²) in [5, 5.41) is 26.4. The molecule has 9 nitrogen and oxygen atoms in total. The molecule has 4 heterocycles. The fourth-order valence-corrected chi connectivity index (χ4v) is 4.86. The van der Waals surface area contributed by atoms with Crippen molar-refractivity contribution in [3.8, 4) is 5.75 Å². The second-order valence-corrected chi connectivity index (χ2v) is 8.79. The number of hydrogen-bond donors (Lipinski definition) is 4. The van der Waals surface area contributed by atoms with Gasteiger partial charge in [-0.25, -0.2) is 9.97 Å². The van der Waals surface area contributed by atoms with Crippen molar-refractivity contribution in [2.24, 2.45) is 0 Å². The van der Waals surface area contributed by atoms with E-state index in [1.807, 2.05) is 29.0 Å². The molecule has 0 atom stereocenters. The smallest absolute Gasteiger partial charge is 0.270 e. The third-order valence-corrected chi connectivity index (χ3v) is 6.62. The maximum absolute atomic E-state index is 11.8. The van der Waals surface area contributed by atoms with E-state index in [1.54, 1.807) is 24.5 Å². The summed E-state index contributed by atoms with van der Waals surface area (Å²) in [6.45, 7) is 2.37. The Hall–Kier alpha value is -3.12. The second-order valence-electron chi connectivity index (χ2n) is 6.96. The Bertz CT molecular complexity index is 1170. The lowest BCUT2D eigenvalue weighted by atomic mass is 10.1. The monoisotopic (exact) mass is 534 g/mol. The molecule has 0 radical (unpaired) electrons. The Morgan fingerprint density at radius 3 is 1.89 bits per heavy atom. The van der Waals surface area contributed by atoms with Gasteiger partial charge in [0.15, 0.2) is 0 Å². The number of aliphatic hydroxyl groups is 2. The molecule has 0 spiro atoms. The fourth-order valence-electron chi connectivity index (χ4n) is 3.12. The highest BCUT2D eigenvalue weighted by atomic mass is 32.1. The fraction of sp³-hybridized carbons (Fsp3) is 0.360. The molecule has 0 saturated carbocycles. The Morgan fingerprint density at radius 1 is 0.889 bits per heavy atom. The average Bonchev–Trinajstić information content (AvgIpc) is 3.54. The minimum Gasteiger partial charge on any atom is -0.495 e. The van der Waals surface area contributed by atoms with Gasteiger partial charge in [0.25, 0.3) is 11.8 Å². The molecule has 196 valence electrons. The van der Waals surface area contributed by atoms with Crippen LogP contribution in [0.25, 0.3) is 20.4 Å². The molecule has 4 N–H and O–H groups in total. The predicted octanol–water partition coefficient (Wildman–Crippen LogP) is 3.88. The van der Waals surface area contributed by atoms with Gasteiger partial charge in [0.2, 0.25) is 0 Å². The minimum atomic E-state index is -0.314. The van der Waals surface area contributed by atoms with E-state index in [4.69, 9.17) is 14.9 Å². The van der Waals surface area contributed by atoms with Crippen molar-refractivity contribution in [1.29, 1.82) is 0 Å². The molecule has 2 amide bonds. The number of carbonyl (C=O) groups excluding carboxylic acids is 2. The Balaban J connectivity index is 0.000000341. The topological polar surface area (TPSA) is 134 Å². The first-order valence-corrected chi connectivity index (χ1v) is 12.4. The van der Waals surface area contributed by atoms with Crippen LogP contribution in [0.3, 0.4) is 0 Å². The lowest BCUT2D eigenvalue weighted by molar-refractivity contribution is 0.0932. The summed E-state index contributed by atoms with van der Waals surface area (Å²) in [6.07, 6.45) is 0.875. The highest BCUT2D eigenvalue weighted by molar-refractivity contribution is 7.17. The van der Waals surface area contributed by atoms with Gasteiger partial charge in [-0.1, -0.05) is 21.8 Å². The highest BCUT2D eigenvalue weighted by Gasteiger charge is 2.13. The molecule has 36 heavy (non-hydrogen) atoms. The molecular formula is C25H34N4O5S2. The molecule has 0 aliphatic heterocycles. The number of thiophene rings is 2. The molecule has 0 saturated heterocycles. The van der Waals surface area contributed by atoms with Gasteiger partial charge in [-0.3, -0.25) is 9.59 Å². The van der Waals surface area contributed by atoms with Crippen molar-refractivity contribution in [3.05, 3.63) is 52.0 Å². The van der Waals surface area contributed by atoms with Crippen molar-refractivity contribution >= 4 is 54.9 Å². The van der Waals surface area contributed by atoms with E-state index < -0.39 is 0 Å². The van der Waals surface area contributed by atoms with Crippen LogP contribution in [-0.2, 0) is 6.42 Å². The van der Waals surface area contributed by atoms with E-state index in [1.165, 1.54) is 11.3 Å². The third kappa shape index (κ3) is 7.44. The number of hydrogen-bond acceptors (Lipinski definition) is 9. The standard InChI is InChI=1S/C12H14N2O2S.C11H12N2O3S.2CH4/c1-2-8-7-10(12(16)13-4-5-15)14-9-3-6-17-11(8)9;1-16-9-6-8(11(15)12-3-4-14)13-7-2-5-17-10(7)9;;/h3,6-7,15H,2,4-5H2,1H3,(H,13,16);2,5-6,14H,3-4H2,1H3,(H,12,15);2*1H4. The molecule has 0 fully saturated rings. The maximum atomic E-state index is 11.8. The van der Waals surface area contributed by atoms with Crippen molar-refractivity contribution in [1.82, 2.24) is 20.6 Å². The first-order chi connectivity index (χ1) is 16.5. The number of aromatic nitrogens is 2. The molecule has 4 aromatic heterocycles. The average molecular weight is 535 g/mol. The van der Waals surface area contributed by atoms with Crippen LogP contribution in [0.1, 0.15) is 48.3 Å². The molecule has 0 aliphatic rings. The van der Waals surface area contributed by atoms with Crippen LogP contribution in [0.2, 0.25) is 0 Å². The highest BCUT2D eigenvalue weighted by Crippen LogP contribution is 2.30.